The van der Waals surface area contributed by atoms with Gasteiger partial charge in [-0.25, -0.2) is 14.8 Å². The summed E-state index contributed by atoms with van der Waals surface area (Å²) in [6.45, 7) is 0. The number of hydrogen-bond acceptors (Lipinski definition) is 8. The summed E-state index contributed by atoms with van der Waals surface area (Å²) in [5.74, 6) is -0.605. The molecule has 0 bridgehead atoms. The molecule has 0 aliphatic rings. The number of nitrogens with zero attached hydrogens (tertiary/aromatic N) is 4. The Bertz CT molecular complexity index is 1240. The van der Waals surface area contributed by atoms with Crippen molar-refractivity contribution in [2.75, 3.05) is 12.8 Å². The quantitative estimate of drug-likeness (QED) is 0.367. The zero-order valence-electron chi connectivity index (χ0n) is 15.8. The maximum Gasteiger partial charge on any atom is 0.357 e. The number of benzene rings is 1. The zero-order chi connectivity index (χ0) is 21.1. The Balaban J connectivity index is 1.61. The summed E-state index contributed by atoms with van der Waals surface area (Å²) in [6.07, 6.45) is 3.27. The molecule has 0 saturated heterocycles. The summed E-state index contributed by atoms with van der Waals surface area (Å²) in [5.41, 5.74) is 7.96. The van der Waals surface area contributed by atoms with E-state index < -0.39 is 5.97 Å². The Labute approximate surface area is 180 Å². The zero-order valence-corrected chi connectivity index (χ0v) is 17.4. The summed E-state index contributed by atoms with van der Waals surface area (Å²) < 4.78 is 6.37. The number of hydrogen-bond donors (Lipinski definition) is 1. The number of thiophene rings is 1. The molecule has 3 aromatic heterocycles. The summed E-state index contributed by atoms with van der Waals surface area (Å²) in [7, 11) is 1.27. The molecule has 1 aromatic carbocycles. The Morgan fingerprint density at radius 3 is 2.73 bits per heavy atom. The van der Waals surface area contributed by atoms with E-state index in [1.54, 1.807) is 22.1 Å². The molecule has 0 radical (unpaired) electrons. The van der Waals surface area contributed by atoms with Crippen molar-refractivity contribution in [3.63, 3.8) is 0 Å². The molecule has 4 rings (SSSR count). The van der Waals surface area contributed by atoms with E-state index in [9.17, 15) is 10.1 Å². The third-order valence-corrected chi connectivity index (χ3v) is 6.05. The number of nitrogen functional groups attached to an aromatic ring is 1. The van der Waals surface area contributed by atoms with Crippen LogP contribution in [0.5, 0.6) is 0 Å². The molecule has 0 amide bonds. The fourth-order valence-electron chi connectivity index (χ4n) is 2.85. The highest BCUT2D eigenvalue weighted by molar-refractivity contribution is 7.99. The van der Waals surface area contributed by atoms with Gasteiger partial charge in [-0.15, -0.1) is 11.3 Å². The lowest BCUT2D eigenvalue weighted by molar-refractivity contribution is 0.0593. The van der Waals surface area contributed by atoms with Crippen LogP contribution in [-0.4, -0.2) is 27.6 Å². The van der Waals surface area contributed by atoms with Crippen LogP contribution in [-0.2, 0) is 4.74 Å². The Morgan fingerprint density at radius 1 is 1.27 bits per heavy atom. The van der Waals surface area contributed by atoms with E-state index in [-0.39, 0.29) is 16.9 Å². The topological polar surface area (TPSA) is 107 Å². The fraction of sp³-hybridized carbons (Fsp3) is 0.0476. The molecule has 0 unspecified atom stereocenters. The second kappa shape index (κ2) is 8.41. The van der Waals surface area contributed by atoms with Crippen LogP contribution in [0.2, 0.25) is 0 Å². The monoisotopic (exact) mass is 433 g/mol. The van der Waals surface area contributed by atoms with Crippen molar-refractivity contribution in [3.8, 4) is 22.3 Å². The molecule has 3 heterocycles. The SMILES string of the molecule is COC(=O)c1c(N)c(C#N)cn1-c1ccc(Sc2nccc(-c3cccs3)n2)cc1. The summed E-state index contributed by atoms with van der Waals surface area (Å²) in [6, 6.07) is 15.3. The average Bonchev–Trinajstić information content (AvgIpc) is 3.42. The normalized spacial score (nSPS) is 10.5. The molecule has 4 aromatic rings. The first-order valence-electron chi connectivity index (χ1n) is 8.75. The van der Waals surface area contributed by atoms with Gasteiger partial charge >= 0.3 is 5.97 Å². The van der Waals surface area contributed by atoms with Crippen LogP contribution in [0.25, 0.3) is 16.3 Å². The third-order valence-electron chi connectivity index (χ3n) is 4.27. The number of aromatic nitrogens is 3. The molecule has 2 N–H and O–H groups in total. The Kier molecular flexibility index (Phi) is 5.52. The largest absolute Gasteiger partial charge is 0.464 e. The number of rotatable bonds is 5. The van der Waals surface area contributed by atoms with Crippen LogP contribution in [0, 0.1) is 11.3 Å². The van der Waals surface area contributed by atoms with Crippen molar-refractivity contribution in [1.82, 2.24) is 14.5 Å². The lowest BCUT2D eigenvalue weighted by Gasteiger charge is -2.09. The molecule has 148 valence electrons. The van der Waals surface area contributed by atoms with Crippen LogP contribution in [0.1, 0.15) is 16.1 Å². The second-order valence-electron chi connectivity index (χ2n) is 6.08. The van der Waals surface area contributed by atoms with Gasteiger partial charge in [0.15, 0.2) is 10.9 Å². The molecule has 0 saturated carbocycles. The Hall–Kier alpha value is -3.61. The molecule has 7 nitrogen and oxygen atoms in total. The highest BCUT2D eigenvalue weighted by Gasteiger charge is 2.21. The summed E-state index contributed by atoms with van der Waals surface area (Å²) in [5, 5.41) is 11.9. The number of methoxy groups -OCH3 is 1. The number of ether oxygens (including phenoxy) is 1. The molecule has 0 aliphatic heterocycles. The van der Waals surface area contributed by atoms with Crippen LogP contribution in [0.15, 0.2) is 70.3 Å². The molecule has 9 heteroatoms. The van der Waals surface area contributed by atoms with E-state index in [1.165, 1.54) is 25.1 Å². The van der Waals surface area contributed by atoms with E-state index in [2.05, 4.69) is 9.97 Å². The third kappa shape index (κ3) is 3.78. The first-order valence-corrected chi connectivity index (χ1v) is 10.4. The maximum atomic E-state index is 12.1. The second-order valence-corrected chi connectivity index (χ2v) is 8.06. The minimum Gasteiger partial charge on any atom is -0.464 e. The average molecular weight is 434 g/mol. The molecule has 0 atom stereocenters. The molecule has 0 aliphatic carbocycles. The number of esters is 1. The standard InChI is InChI=1S/C21H15N5O2S2/c1-28-20(27)19-18(23)13(11-22)12-26(19)14-4-6-15(7-5-14)30-21-24-9-8-16(25-21)17-3-2-10-29-17/h2-10,12H,23H2,1H3. The van der Waals surface area contributed by atoms with E-state index in [4.69, 9.17) is 10.5 Å². The lowest BCUT2D eigenvalue weighted by Crippen LogP contribution is -2.11. The minimum absolute atomic E-state index is 0.0987. The van der Waals surface area contributed by atoms with Gasteiger partial charge in [0.05, 0.1) is 28.9 Å². The predicted octanol–water partition coefficient (Wildman–Crippen LogP) is 4.39. The van der Waals surface area contributed by atoms with Gasteiger partial charge in [0.1, 0.15) is 6.07 Å². The fourth-order valence-corrected chi connectivity index (χ4v) is 4.29. The molecule has 30 heavy (non-hydrogen) atoms. The van der Waals surface area contributed by atoms with Gasteiger partial charge in [0, 0.05) is 23.0 Å². The Morgan fingerprint density at radius 2 is 2.07 bits per heavy atom. The van der Waals surface area contributed by atoms with Gasteiger partial charge in [0.2, 0.25) is 0 Å². The summed E-state index contributed by atoms with van der Waals surface area (Å²) in [4.78, 5) is 23.1. The molecular formula is C21H15N5O2S2. The van der Waals surface area contributed by atoms with E-state index in [0.29, 0.717) is 10.8 Å². The number of anilines is 1. The van der Waals surface area contributed by atoms with Crippen LogP contribution in [0.4, 0.5) is 5.69 Å². The van der Waals surface area contributed by atoms with E-state index in [0.717, 1.165) is 15.5 Å². The number of nitriles is 1. The van der Waals surface area contributed by atoms with Gasteiger partial charge < -0.3 is 15.0 Å². The van der Waals surface area contributed by atoms with Gasteiger partial charge in [-0.2, -0.15) is 5.26 Å². The van der Waals surface area contributed by atoms with Crippen molar-refractivity contribution >= 4 is 34.8 Å². The lowest BCUT2D eigenvalue weighted by atomic mass is 10.2. The van der Waals surface area contributed by atoms with Gasteiger partial charge in [-0.1, -0.05) is 6.07 Å². The van der Waals surface area contributed by atoms with Gasteiger partial charge in [-0.05, 0) is 53.5 Å². The number of nitrogens with two attached hydrogens (primary N) is 1. The molecular weight excluding hydrogens is 418 g/mol. The van der Waals surface area contributed by atoms with Crippen molar-refractivity contribution in [1.29, 1.82) is 5.26 Å². The van der Waals surface area contributed by atoms with Crippen molar-refractivity contribution in [2.24, 2.45) is 0 Å². The minimum atomic E-state index is -0.605. The highest BCUT2D eigenvalue weighted by atomic mass is 32.2. The molecule has 0 spiro atoms. The van der Waals surface area contributed by atoms with Gasteiger partial charge in [0.25, 0.3) is 0 Å². The van der Waals surface area contributed by atoms with Crippen molar-refractivity contribution in [3.05, 3.63) is 71.5 Å². The maximum absolute atomic E-state index is 12.1. The first kappa shape index (κ1) is 19.7. The van der Waals surface area contributed by atoms with Gasteiger partial charge in [-0.3, -0.25) is 0 Å². The smallest absolute Gasteiger partial charge is 0.357 e. The van der Waals surface area contributed by atoms with Crippen LogP contribution in [0.3, 0.4) is 0 Å². The number of carbonyl (C=O) groups is 1. The van der Waals surface area contributed by atoms with Crippen molar-refractivity contribution < 1.29 is 9.53 Å². The highest BCUT2D eigenvalue weighted by Crippen LogP contribution is 2.30. The predicted molar refractivity (Wildman–Crippen MR) is 116 cm³/mol. The number of carbonyl (C=O) groups excluding carboxylic acids is 1. The van der Waals surface area contributed by atoms with Crippen LogP contribution >= 0.6 is 23.1 Å². The summed E-state index contributed by atoms with van der Waals surface area (Å²) >= 11 is 3.06. The van der Waals surface area contributed by atoms with Crippen molar-refractivity contribution in [2.45, 2.75) is 10.1 Å². The van der Waals surface area contributed by atoms with E-state index in [1.807, 2.05) is 53.9 Å². The first-order chi connectivity index (χ1) is 14.6. The van der Waals surface area contributed by atoms with E-state index >= 15 is 0 Å². The molecule has 0 fully saturated rings. The van der Waals surface area contributed by atoms with Crippen LogP contribution < -0.4 is 5.73 Å².